The lowest BCUT2D eigenvalue weighted by Crippen LogP contribution is -2.45. The summed E-state index contributed by atoms with van der Waals surface area (Å²) in [4.78, 5) is 14.1. The number of hydrogen-bond acceptors (Lipinski definition) is 2. The van der Waals surface area contributed by atoms with Gasteiger partial charge in [0, 0.05) is 18.6 Å². The normalized spacial score (nSPS) is 33.4. The molecular weight excluding hydrogens is 226 g/mol. The van der Waals surface area contributed by atoms with Gasteiger partial charge in [0.25, 0.3) is 0 Å². The monoisotopic (exact) mass is 251 g/mol. The molecule has 0 spiro atoms. The van der Waals surface area contributed by atoms with Gasteiger partial charge in [0.15, 0.2) is 0 Å². The van der Waals surface area contributed by atoms with Crippen LogP contribution in [0.5, 0.6) is 0 Å². The molecule has 3 rings (SSSR count). The van der Waals surface area contributed by atoms with Gasteiger partial charge in [0.05, 0.1) is 5.92 Å². The number of hydrogen-bond donors (Lipinski definition) is 1. The number of nitrogens with zero attached hydrogens (tertiary/aromatic N) is 1. The summed E-state index contributed by atoms with van der Waals surface area (Å²) in [6.45, 7) is 1.18. The minimum Gasteiger partial charge on any atom is -0.481 e. The molecule has 0 saturated heterocycles. The first-order valence-electron chi connectivity index (χ1n) is 7.74. The second kappa shape index (κ2) is 5.20. The van der Waals surface area contributed by atoms with Crippen molar-refractivity contribution < 1.29 is 9.90 Å². The van der Waals surface area contributed by atoms with Crippen LogP contribution < -0.4 is 0 Å². The third-order valence-electron chi connectivity index (χ3n) is 4.90. The Morgan fingerprint density at radius 2 is 1.72 bits per heavy atom. The lowest BCUT2D eigenvalue weighted by Gasteiger charge is -2.35. The van der Waals surface area contributed by atoms with Gasteiger partial charge in [-0.15, -0.1) is 0 Å². The van der Waals surface area contributed by atoms with Crippen LogP contribution in [0.1, 0.15) is 57.8 Å². The maximum atomic E-state index is 11.5. The number of carboxylic acid groups (broad SMARTS) is 1. The molecule has 0 aliphatic heterocycles. The topological polar surface area (TPSA) is 40.5 Å². The Kier molecular flexibility index (Phi) is 3.60. The second-order valence-electron chi connectivity index (χ2n) is 6.52. The van der Waals surface area contributed by atoms with Crippen molar-refractivity contribution in [2.24, 2.45) is 11.8 Å². The first-order valence-corrected chi connectivity index (χ1v) is 7.74. The molecule has 3 saturated carbocycles. The standard InChI is InChI=1S/C15H25NO2/c17-15(18)13-4-2-1-3-5-14(13)16(12-8-9-12)10-11-6-7-11/h11-14H,1-10H2,(H,17,18). The van der Waals surface area contributed by atoms with Crippen LogP contribution in [0.4, 0.5) is 0 Å². The fourth-order valence-corrected chi connectivity index (χ4v) is 3.53. The third kappa shape index (κ3) is 2.87. The molecule has 0 heterocycles. The van der Waals surface area contributed by atoms with Crippen molar-refractivity contribution in [2.45, 2.75) is 69.9 Å². The molecule has 0 radical (unpaired) electrons. The molecule has 3 aliphatic rings. The van der Waals surface area contributed by atoms with Crippen LogP contribution in [0.2, 0.25) is 0 Å². The van der Waals surface area contributed by atoms with Gasteiger partial charge in [-0.05, 0) is 44.4 Å². The quantitative estimate of drug-likeness (QED) is 0.764. The van der Waals surface area contributed by atoms with E-state index in [2.05, 4.69) is 4.90 Å². The molecule has 0 amide bonds. The predicted octanol–water partition coefficient (Wildman–Crippen LogP) is 2.89. The summed E-state index contributed by atoms with van der Waals surface area (Å²) < 4.78 is 0. The fraction of sp³-hybridized carbons (Fsp3) is 0.933. The first kappa shape index (κ1) is 12.5. The molecule has 2 unspecified atom stereocenters. The van der Waals surface area contributed by atoms with Gasteiger partial charge < -0.3 is 5.11 Å². The Morgan fingerprint density at radius 3 is 2.33 bits per heavy atom. The van der Waals surface area contributed by atoms with Gasteiger partial charge in [-0.25, -0.2) is 0 Å². The van der Waals surface area contributed by atoms with Crippen molar-refractivity contribution in [1.29, 1.82) is 0 Å². The molecule has 18 heavy (non-hydrogen) atoms. The second-order valence-corrected chi connectivity index (χ2v) is 6.52. The predicted molar refractivity (Wildman–Crippen MR) is 70.5 cm³/mol. The van der Waals surface area contributed by atoms with Crippen LogP contribution in [0.3, 0.4) is 0 Å². The van der Waals surface area contributed by atoms with E-state index in [1.165, 1.54) is 45.1 Å². The van der Waals surface area contributed by atoms with Gasteiger partial charge >= 0.3 is 5.97 Å². The summed E-state index contributed by atoms with van der Waals surface area (Å²) in [7, 11) is 0. The average molecular weight is 251 g/mol. The van der Waals surface area contributed by atoms with Crippen molar-refractivity contribution in [3.63, 3.8) is 0 Å². The zero-order valence-electron chi connectivity index (χ0n) is 11.2. The number of aliphatic carboxylic acids is 1. The maximum absolute atomic E-state index is 11.5. The van der Waals surface area contributed by atoms with E-state index in [-0.39, 0.29) is 5.92 Å². The van der Waals surface area contributed by atoms with E-state index in [0.717, 1.165) is 31.2 Å². The summed E-state index contributed by atoms with van der Waals surface area (Å²) in [6.07, 6.45) is 10.9. The van der Waals surface area contributed by atoms with Crippen LogP contribution >= 0.6 is 0 Å². The largest absolute Gasteiger partial charge is 0.481 e. The maximum Gasteiger partial charge on any atom is 0.308 e. The van der Waals surface area contributed by atoms with Gasteiger partial charge in [0.1, 0.15) is 0 Å². The minimum absolute atomic E-state index is 0.105. The minimum atomic E-state index is -0.552. The van der Waals surface area contributed by atoms with E-state index in [0.29, 0.717) is 6.04 Å². The van der Waals surface area contributed by atoms with Crippen molar-refractivity contribution in [3.05, 3.63) is 0 Å². The van der Waals surface area contributed by atoms with E-state index in [4.69, 9.17) is 0 Å². The lowest BCUT2D eigenvalue weighted by molar-refractivity contribution is -0.144. The summed E-state index contributed by atoms with van der Waals surface area (Å²) >= 11 is 0. The highest BCUT2D eigenvalue weighted by Crippen LogP contribution is 2.39. The van der Waals surface area contributed by atoms with E-state index >= 15 is 0 Å². The van der Waals surface area contributed by atoms with E-state index in [9.17, 15) is 9.90 Å². The summed E-state index contributed by atoms with van der Waals surface area (Å²) in [5.41, 5.74) is 0. The molecule has 102 valence electrons. The summed E-state index contributed by atoms with van der Waals surface area (Å²) in [6, 6.07) is 1.05. The zero-order chi connectivity index (χ0) is 12.5. The van der Waals surface area contributed by atoms with E-state index in [1.54, 1.807) is 0 Å². The summed E-state index contributed by atoms with van der Waals surface area (Å²) in [5, 5.41) is 9.51. The summed E-state index contributed by atoms with van der Waals surface area (Å²) in [5.74, 6) is 0.221. The highest BCUT2D eigenvalue weighted by atomic mass is 16.4. The SMILES string of the molecule is O=C(O)C1CCCCCC1N(CC1CC1)C1CC1. The van der Waals surface area contributed by atoms with E-state index < -0.39 is 5.97 Å². The smallest absolute Gasteiger partial charge is 0.308 e. The van der Waals surface area contributed by atoms with Crippen LogP contribution in [0.25, 0.3) is 0 Å². The molecule has 2 atom stereocenters. The van der Waals surface area contributed by atoms with Crippen molar-refractivity contribution >= 4 is 5.97 Å². The Labute approximate surface area is 110 Å². The molecule has 0 aromatic rings. The molecular formula is C15H25NO2. The Bertz CT molecular complexity index is 310. The average Bonchev–Trinajstić information content (AvgIpc) is 3.19. The Hall–Kier alpha value is -0.570. The fourth-order valence-electron chi connectivity index (χ4n) is 3.53. The molecule has 0 aromatic heterocycles. The van der Waals surface area contributed by atoms with Crippen LogP contribution in [0, 0.1) is 11.8 Å². The first-order chi connectivity index (χ1) is 8.75. The highest BCUT2D eigenvalue weighted by Gasteiger charge is 2.42. The third-order valence-corrected chi connectivity index (χ3v) is 4.90. The molecule has 0 aromatic carbocycles. The van der Waals surface area contributed by atoms with Gasteiger partial charge in [0.2, 0.25) is 0 Å². The molecule has 0 bridgehead atoms. The number of carboxylic acids is 1. The highest BCUT2D eigenvalue weighted by molar-refractivity contribution is 5.71. The van der Waals surface area contributed by atoms with Crippen LogP contribution in [0.15, 0.2) is 0 Å². The van der Waals surface area contributed by atoms with Crippen LogP contribution in [-0.2, 0) is 4.79 Å². The number of carbonyl (C=O) groups is 1. The molecule has 3 aliphatic carbocycles. The number of rotatable bonds is 5. The molecule has 3 heteroatoms. The van der Waals surface area contributed by atoms with Crippen molar-refractivity contribution in [1.82, 2.24) is 4.90 Å². The van der Waals surface area contributed by atoms with Gasteiger partial charge in [-0.1, -0.05) is 19.3 Å². The van der Waals surface area contributed by atoms with Crippen LogP contribution in [-0.4, -0.2) is 34.6 Å². The van der Waals surface area contributed by atoms with Crippen molar-refractivity contribution in [2.75, 3.05) is 6.54 Å². The van der Waals surface area contributed by atoms with E-state index in [1.807, 2.05) is 0 Å². The molecule has 3 fully saturated rings. The lowest BCUT2D eigenvalue weighted by atomic mass is 9.93. The zero-order valence-corrected chi connectivity index (χ0v) is 11.2. The molecule has 3 nitrogen and oxygen atoms in total. The molecule has 1 N–H and O–H groups in total. The Morgan fingerprint density at radius 1 is 1.00 bits per heavy atom. The Balaban J connectivity index is 1.72. The van der Waals surface area contributed by atoms with Crippen molar-refractivity contribution in [3.8, 4) is 0 Å². The van der Waals surface area contributed by atoms with Gasteiger partial charge in [-0.3, -0.25) is 9.69 Å². The van der Waals surface area contributed by atoms with Gasteiger partial charge in [-0.2, -0.15) is 0 Å².